The predicted molar refractivity (Wildman–Crippen MR) is 130 cm³/mol. The number of carbonyl (C=O) groups excluding carboxylic acids is 1. The van der Waals surface area contributed by atoms with Gasteiger partial charge in [0.25, 0.3) is 0 Å². The first kappa shape index (κ1) is 23.6. The number of rotatable bonds is 9. The molecule has 0 saturated heterocycles. The summed E-state index contributed by atoms with van der Waals surface area (Å²) < 4.78 is 12.5. The third kappa shape index (κ3) is 5.32. The van der Waals surface area contributed by atoms with Gasteiger partial charge in [0.15, 0.2) is 11.4 Å². The van der Waals surface area contributed by atoms with Crippen LogP contribution in [0.2, 0.25) is 0 Å². The van der Waals surface area contributed by atoms with Crippen molar-refractivity contribution < 1.29 is 19.4 Å². The normalized spacial score (nSPS) is 11.7. The van der Waals surface area contributed by atoms with Crippen molar-refractivity contribution in [3.05, 3.63) is 83.2 Å². The summed E-state index contributed by atoms with van der Waals surface area (Å²) in [6.07, 6.45) is 0.161. The monoisotopic (exact) mass is 459 g/mol. The predicted octanol–water partition coefficient (Wildman–Crippen LogP) is 4.38. The minimum atomic E-state index is -0.951. The fourth-order valence-corrected chi connectivity index (χ4v) is 3.73. The summed E-state index contributed by atoms with van der Waals surface area (Å²) in [6.45, 7) is 6.36. The Morgan fingerprint density at radius 1 is 1.03 bits per heavy atom. The highest BCUT2D eigenvalue weighted by Crippen LogP contribution is 2.25. The number of aliphatic hydroxyl groups is 1. The van der Waals surface area contributed by atoms with Crippen LogP contribution in [0.1, 0.15) is 41.2 Å². The Kier molecular flexibility index (Phi) is 6.77. The second-order valence-corrected chi connectivity index (χ2v) is 8.79. The number of ether oxygens (including phenoxy) is 2. The number of ketones is 1. The van der Waals surface area contributed by atoms with Gasteiger partial charge in [-0.2, -0.15) is 5.10 Å². The van der Waals surface area contributed by atoms with E-state index in [4.69, 9.17) is 9.47 Å². The van der Waals surface area contributed by atoms with Crippen LogP contribution in [0, 0.1) is 6.92 Å². The zero-order valence-electron chi connectivity index (χ0n) is 19.9. The van der Waals surface area contributed by atoms with E-state index in [-0.39, 0.29) is 12.2 Å². The van der Waals surface area contributed by atoms with E-state index >= 15 is 0 Å². The van der Waals surface area contributed by atoms with Crippen molar-refractivity contribution in [2.45, 2.75) is 32.8 Å². The molecule has 1 N–H and O–H groups in total. The fourth-order valence-electron chi connectivity index (χ4n) is 3.73. The molecular formula is C27H29N3O4. The molecule has 0 saturated carbocycles. The third-order valence-electron chi connectivity index (χ3n) is 5.56. The molecule has 0 fully saturated rings. The molecule has 176 valence electrons. The highest BCUT2D eigenvalue weighted by Gasteiger charge is 2.17. The molecular weight excluding hydrogens is 430 g/mol. The summed E-state index contributed by atoms with van der Waals surface area (Å²) in [5.74, 6) is 0.718. The third-order valence-corrected chi connectivity index (χ3v) is 5.56. The zero-order valence-corrected chi connectivity index (χ0v) is 19.9. The van der Waals surface area contributed by atoms with Crippen LogP contribution in [0.25, 0.3) is 16.9 Å². The lowest BCUT2D eigenvalue weighted by Gasteiger charge is -2.17. The molecule has 0 bridgehead atoms. The van der Waals surface area contributed by atoms with Crippen molar-refractivity contribution in [2.24, 2.45) is 0 Å². The summed E-state index contributed by atoms with van der Waals surface area (Å²) in [6, 6.07) is 18.6. The van der Waals surface area contributed by atoms with Gasteiger partial charge in [0, 0.05) is 24.3 Å². The molecule has 2 aromatic heterocycles. The molecule has 0 atom stereocenters. The Bertz CT molecular complexity index is 1290. The number of aromatic nitrogens is 3. The molecule has 0 unspecified atom stereocenters. The second-order valence-electron chi connectivity index (χ2n) is 8.79. The lowest BCUT2D eigenvalue weighted by Crippen LogP contribution is -2.15. The van der Waals surface area contributed by atoms with Gasteiger partial charge in [-0.15, -0.1) is 0 Å². The molecule has 4 aromatic rings. The molecule has 7 heteroatoms. The molecule has 0 aliphatic heterocycles. The fraction of sp³-hybridized carbons (Fsp3) is 0.296. The first-order chi connectivity index (χ1) is 16.2. The van der Waals surface area contributed by atoms with Gasteiger partial charge in [0.2, 0.25) is 0 Å². The van der Waals surface area contributed by atoms with E-state index in [0.717, 1.165) is 28.3 Å². The lowest BCUT2D eigenvalue weighted by molar-refractivity contribution is 0.0784. The Morgan fingerprint density at radius 2 is 1.74 bits per heavy atom. The van der Waals surface area contributed by atoms with Crippen molar-refractivity contribution in [3.63, 3.8) is 0 Å². The number of fused-ring (bicyclic) bond motifs is 1. The van der Waals surface area contributed by atoms with Gasteiger partial charge in [-0.1, -0.05) is 24.3 Å². The number of nitrogens with zero attached hydrogens (tertiary/aromatic N) is 3. The highest BCUT2D eigenvalue weighted by molar-refractivity contribution is 5.97. The Balaban J connectivity index is 1.61. The van der Waals surface area contributed by atoms with E-state index in [1.807, 2.05) is 43.3 Å². The summed E-state index contributed by atoms with van der Waals surface area (Å²) in [7, 11) is 1.64. The maximum Gasteiger partial charge on any atom is 0.168 e. The summed E-state index contributed by atoms with van der Waals surface area (Å²) in [5.41, 5.74) is 4.38. The van der Waals surface area contributed by atoms with Crippen LogP contribution in [0.4, 0.5) is 0 Å². The number of benzene rings is 2. The van der Waals surface area contributed by atoms with E-state index in [9.17, 15) is 9.90 Å². The Hall–Kier alpha value is -3.55. The van der Waals surface area contributed by atoms with E-state index in [1.165, 1.54) is 0 Å². The minimum Gasteiger partial charge on any atom is -0.491 e. The first-order valence-corrected chi connectivity index (χ1v) is 11.2. The van der Waals surface area contributed by atoms with E-state index in [1.54, 1.807) is 49.7 Å². The van der Waals surface area contributed by atoms with E-state index in [2.05, 4.69) is 10.1 Å². The Morgan fingerprint density at radius 3 is 2.38 bits per heavy atom. The number of aryl methyl sites for hydroxylation is 1. The molecule has 2 aromatic carbocycles. The number of methoxy groups -OCH3 is 1. The van der Waals surface area contributed by atoms with Crippen LogP contribution >= 0.6 is 0 Å². The second kappa shape index (κ2) is 9.75. The molecule has 4 rings (SSSR count). The van der Waals surface area contributed by atoms with Gasteiger partial charge in [-0.05, 0) is 56.7 Å². The van der Waals surface area contributed by atoms with Crippen LogP contribution in [0.3, 0.4) is 0 Å². The van der Waals surface area contributed by atoms with Gasteiger partial charge in [-0.25, -0.2) is 9.50 Å². The van der Waals surface area contributed by atoms with Crippen molar-refractivity contribution in [3.8, 4) is 17.0 Å². The Labute approximate surface area is 199 Å². The quantitative estimate of drug-likeness (QED) is 0.295. The van der Waals surface area contributed by atoms with Crippen LogP contribution < -0.4 is 4.74 Å². The molecule has 34 heavy (non-hydrogen) atoms. The molecule has 0 aliphatic carbocycles. The largest absolute Gasteiger partial charge is 0.491 e. The summed E-state index contributed by atoms with van der Waals surface area (Å²) in [5, 5.41) is 14.7. The number of carbonyl (C=O) groups is 1. The van der Waals surface area contributed by atoms with Gasteiger partial charge in [0.05, 0.1) is 35.7 Å². The number of hydrogen-bond acceptors (Lipinski definition) is 6. The SMILES string of the molecule is COCCOc1ccc(-c2cc(CC(=O)c3ccc(C(C)(C)O)cc3)nc3cc(C)nn23)cc1. The van der Waals surface area contributed by atoms with Crippen LogP contribution in [0.5, 0.6) is 5.75 Å². The zero-order chi connectivity index (χ0) is 24.3. The average Bonchev–Trinajstić information content (AvgIpc) is 3.19. The average molecular weight is 460 g/mol. The molecule has 7 nitrogen and oxygen atoms in total. The van der Waals surface area contributed by atoms with E-state index < -0.39 is 5.60 Å². The minimum absolute atomic E-state index is 0.0387. The summed E-state index contributed by atoms with van der Waals surface area (Å²) in [4.78, 5) is 17.7. The van der Waals surface area contributed by atoms with Crippen molar-refractivity contribution in [1.82, 2.24) is 14.6 Å². The molecule has 0 aliphatic rings. The van der Waals surface area contributed by atoms with Gasteiger partial charge in [-0.3, -0.25) is 4.79 Å². The van der Waals surface area contributed by atoms with E-state index in [0.29, 0.717) is 30.1 Å². The number of Topliss-reactive ketones (excluding diaryl/α,β-unsaturated/α-hetero) is 1. The van der Waals surface area contributed by atoms with Crippen LogP contribution in [-0.2, 0) is 16.8 Å². The maximum absolute atomic E-state index is 13.0. The summed E-state index contributed by atoms with van der Waals surface area (Å²) >= 11 is 0. The lowest BCUT2D eigenvalue weighted by atomic mass is 9.96. The van der Waals surface area contributed by atoms with Gasteiger partial charge < -0.3 is 14.6 Å². The standard InChI is InChI=1S/C27H29N3O4/c1-18-15-26-28-22(17-25(31)20-5-9-21(10-6-20)27(2,3)32)16-24(30(26)29-18)19-7-11-23(12-8-19)34-14-13-33-4/h5-12,15-16,32H,13-14,17H2,1-4H3. The molecule has 2 heterocycles. The van der Waals surface area contributed by atoms with Crippen LogP contribution in [0.15, 0.2) is 60.7 Å². The highest BCUT2D eigenvalue weighted by atomic mass is 16.5. The molecule has 0 spiro atoms. The van der Waals surface area contributed by atoms with Gasteiger partial charge >= 0.3 is 0 Å². The topological polar surface area (TPSA) is 86.0 Å². The van der Waals surface area contributed by atoms with Crippen LogP contribution in [-0.4, -0.2) is 45.8 Å². The van der Waals surface area contributed by atoms with Crippen molar-refractivity contribution in [1.29, 1.82) is 0 Å². The van der Waals surface area contributed by atoms with Gasteiger partial charge in [0.1, 0.15) is 12.4 Å². The van der Waals surface area contributed by atoms with Crippen molar-refractivity contribution in [2.75, 3.05) is 20.3 Å². The molecule has 0 amide bonds. The molecule has 0 radical (unpaired) electrons. The number of hydrogen-bond donors (Lipinski definition) is 1. The first-order valence-electron chi connectivity index (χ1n) is 11.2. The van der Waals surface area contributed by atoms with Crippen molar-refractivity contribution >= 4 is 11.4 Å². The smallest absolute Gasteiger partial charge is 0.168 e. The maximum atomic E-state index is 13.0.